The monoisotopic (exact) mass is 487 g/mol. The average Bonchev–Trinajstić information content (AvgIpc) is 3.01. The van der Waals surface area contributed by atoms with Crippen LogP contribution in [-0.4, -0.2) is 52.6 Å². The minimum Gasteiger partial charge on any atom is -0.491 e. The van der Waals surface area contributed by atoms with Crippen LogP contribution in [0.5, 0.6) is 11.5 Å². The number of halogens is 1. The predicted molar refractivity (Wildman–Crippen MR) is 136 cm³/mol. The molecule has 186 valence electrons. The van der Waals surface area contributed by atoms with Crippen LogP contribution in [0, 0.1) is 6.92 Å². The third kappa shape index (κ3) is 7.11. The number of rotatable bonds is 8. The second-order valence-electron chi connectivity index (χ2n) is 10.3. The van der Waals surface area contributed by atoms with Crippen molar-refractivity contribution in [2.75, 3.05) is 26.3 Å². The van der Waals surface area contributed by atoms with E-state index in [9.17, 15) is 10.2 Å². The first-order chi connectivity index (χ1) is 16.3. The zero-order chi connectivity index (χ0) is 24.0. The van der Waals surface area contributed by atoms with Gasteiger partial charge in [-0.15, -0.1) is 0 Å². The van der Waals surface area contributed by atoms with Gasteiger partial charge in [-0.25, -0.2) is 0 Å². The number of ether oxygens (including phenoxy) is 2. The molecule has 2 aliphatic rings. The molecule has 1 atom stereocenters. The topological polar surface area (TPSA) is 62.2 Å². The van der Waals surface area contributed by atoms with Crippen molar-refractivity contribution in [3.63, 3.8) is 0 Å². The highest BCUT2D eigenvalue weighted by molar-refractivity contribution is 6.32. The van der Waals surface area contributed by atoms with Gasteiger partial charge in [0.2, 0.25) is 0 Å². The number of benzene rings is 2. The first kappa shape index (κ1) is 25.3. The molecule has 0 amide bonds. The maximum absolute atomic E-state index is 11.1. The average molecular weight is 488 g/mol. The standard InChI is InChI=1S/C28H38ClNO4/c1-22-6-11-25(29)26(18-22)34-21-28(32)14-5-16-30(17-15-28)19-23-7-9-24(10-8-23)33-20-27(31)12-3-2-4-13-27/h6-11,18,31-32H,2-5,12-17,19-21H2,1H3. The Hall–Kier alpha value is -1.79. The van der Waals surface area contributed by atoms with Crippen molar-refractivity contribution in [2.24, 2.45) is 0 Å². The number of likely N-dealkylation sites (tertiary alicyclic amines) is 1. The lowest BCUT2D eigenvalue weighted by molar-refractivity contribution is -0.0339. The highest BCUT2D eigenvalue weighted by Crippen LogP contribution is 2.30. The number of aliphatic hydroxyl groups is 2. The highest BCUT2D eigenvalue weighted by atomic mass is 35.5. The van der Waals surface area contributed by atoms with Gasteiger partial charge in [-0.1, -0.05) is 49.1 Å². The molecule has 1 saturated heterocycles. The predicted octanol–water partition coefficient (Wildman–Crippen LogP) is 5.52. The number of hydrogen-bond donors (Lipinski definition) is 2. The minimum absolute atomic E-state index is 0.252. The lowest BCUT2D eigenvalue weighted by Crippen LogP contribution is -2.37. The van der Waals surface area contributed by atoms with Gasteiger partial charge in [0.15, 0.2) is 0 Å². The van der Waals surface area contributed by atoms with E-state index >= 15 is 0 Å². The van der Waals surface area contributed by atoms with Crippen molar-refractivity contribution in [3.8, 4) is 11.5 Å². The Balaban J connectivity index is 1.25. The summed E-state index contributed by atoms with van der Waals surface area (Å²) in [4.78, 5) is 2.39. The van der Waals surface area contributed by atoms with Gasteiger partial charge in [-0.3, -0.25) is 4.90 Å². The van der Waals surface area contributed by atoms with Gasteiger partial charge in [0.1, 0.15) is 24.7 Å². The maximum atomic E-state index is 11.1. The van der Waals surface area contributed by atoms with Crippen LogP contribution in [0.3, 0.4) is 0 Å². The lowest BCUT2D eigenvalue weighted by atomic mass is 9.85. The molecule has 0 radical (unpaired) electrons. The Bertz CT molecular complexity index is 929. The van der Waals surface area contributed by atoms with Gasteiger partial charge in [-0.2, -0.15) is 0 Å². The van der Waals surface area contributed by atoms with Gasteiger partial charge >= 0.3 is 0 Å². The molecule has 34 heavy (non-hydrogen) atoms. The molecule has 1 saturated carbocycles. The maximum Gasteiger partial charge on any atom is 0.138 e. The quantitative estimate of drug-likeness (QED) is 0.513. The molecule has 0 aromatic heterocycles. The summed E-state index contributed by atoms with van der Waals surface area (Å²) in [5.41, 5.74) is 0.782. The van der Waals surface area contributed by atoms with Crippen molar-refractivity contribution in [2.45, 2.75) is 76.0 Å². The van der Waals surface area contributed by atoms with Crippen molar-refractivity contribution in [1.29, 1.82) is 0 Å². The molecule has 2 N–H and O–H groups in total. The van der Waals surface area contributed by atoms with Crippen LogP contribution in [0.15, 0.2) is 42.5 Å². The fourth-order valence-corrected chi connectivity index (χ4v) is 5.16. The zero-order valence-electron chi connectivity index (χ0n) is 20.3. The molecule has 1 heterocycles. The highest BCUT2D eigenvalue weighted by Gasteiger charge is 2.32. The molecule has 2 fully saturated rings. The SMILES string of the molecule is Cc1ccc(Cl)c(OCC2(O)CCCN(Cc3ccc(OCC4(O)CCCCC4)cc3)CC2)c1. The van der Waals surface area contributed by atoms with Crippen LogP contribution in [0.4, 0.5) is 0 Å². The molecule has 1 unspecified atom stereocenters. The van der Waals surface area contributed by atoms with Gasteiger partial charge in [0, 0.05) is 13.1 Å². The van der Waals surface area contributed by atoms with Gasteiger partial charge in [0.25, 0.3) is 0 Å². The first-order valence-corrected chi connectivity index (χ1v) is 13.0. The van der Waals surface area contributed by atoms with E-state index < -0.39 is 11.2 Å². The van der Waals surface area contributed by atoms with Crippen LogP contribution in [0.2, 0.25) is 5.02 Å². The summed E-state index contributed by atoms with van der Waals surface area (Å²) in [5.74, 6) is 1.44. The summed E-state index contributed by atoms with van der Waals surface area (Å²) in [7, 11) is 0. The molecule has 4 rings (SSSR count). The third-order valence-corrected chi connectivity index (χ3v) is 7.53. The van der Waals surface area contributed by atoms with Gasteiger partial charge < -0.3 is 19.7 Å². The summed E-state index contributed by atoms with van der Waals surface area (Å²) >= 11 is 6.25. The Kier molecular flexibility index (Phi) is 8.41. The Labute approximate surface area is 208 Å². The van der Waals surface area contributed by atoms with Gasteiger partial charge in [-0.05, 0) is 81.0 Å². The summed E-state index contributed by atoms with van der Waals surface area (Å²) in [6.07, 6.45) is 7.31. The van der Waals surface area contributed by atoms with Crippen LogP contribution in [-0.2, 0) is 6.54 Å². The van der Waals surface area contributed by atoms with Gasteiger partial charge in [0.05, 0.1) is 16.2 Å². The van der Waals surface area contributed by atoms with Crippen LogP contribution in [0.1, 0.15) is 62.5 Å². The summed E-state index contributed by atoms with van der Waals surface area (Å²) in [6.45, 7) is 5.21. The molecule has 6 heteroatoms. The van der Waals surface area contributed by atoms with Crippen LogP contribution >= 0.6 is 11.6 Å². The van der Waals surface area contributed by atoms with Crippen molar-refractivity contribution >= 4 is 11.6 Å². The molecule has 1 aliphatic heterocycles. The summed E-state index contributed by atoms with van der Waals surface area (Å²) in [6, 6.07) is 13.9. The largest absolute Gasteiger partial charge is 0.491 e. The smallest absolute Gasteiger partial charge is 0.138 e. The molecule has 0 spiro atoms. The van der Waals surface area contributed by atoms with E-state index in [0.717, 1.165) is 63.1 Å². The first-order valence-electron chi connectivity index (χ1n) is 12.6. The molecule has 2 aromatic carbocycles. The van der Waals surface area contributed by atoms with Crippen molar-refractivity contribution in [3.05, 3.63) is 58.6 Å². The number of aryl methyl sites for hydroxylation is 1. The third-order valence-electron chi connectivity index (χ3n) is 7.21. The van der Waals surface area contributed by atoms with E-state index in [4.69, 9.17) is 21.1 Å². The van der Waals surface area contributed by atoms with Crippen LogP contribution in [0.25, 0.3) is 0 Å². The van der Waals surface area contributed by atoms with E-state index in [2.05, 4.69) is 17.0 Å². The second-order valence-corrected chi connectivity index (χ2v) is 10.7. The van der Waals surface area contributed by atoms with Crippen molar-refractivity contribution in [1.82, 2.24) is 4.90 Å². The van der Waals surface area contributed by atoms with Crippen molar-refractivity contribution < 1.29 is 19.7 Å². The molecular formula is C28H38ClNO4. The molecule has 2 aromatic rings. The summed E-state index contributed by atoms with van der Waals surface area (Å²) in [5, 5.41) is 22.4. The van der Waals surface area contributed by atoms with E-state index in [-0.39, 0.29) is 6.61 Å². The fourth-order valence-electron chi connectivity index (χ4n) is 4.99. The zero-order valence-corrected chi connectivity index (χ0v) is 21.0. The Morgan fingerprint density at radius 1 is 0.824 bits per heavy atom. The normalized spacial score (nSPS) is 23.3. The second kappa shape index (κ2) is 11.3. The lowest BCUT2D eigenvalue weighted by Gasteiger charge is -2.31. The van der Waals surface area contributed by atoms with Crippen LogP contribution < -0.4 is 9.47 Å². The molecule has 5 nitrogen and oxygen atoms in total. The molecule has 0 bridgehead atoms. The number of nitrogens with zero attached hydrogens (tertiary/aromatic N) is 1. The summed E-state index contributed by atoms with van der Waals surface area (Å²) < 4.78 is 11.8. The van der Waals surface area contributed by atoms with E-state index in [0.29, 0.717) is 30.2 Å². The number of hydrogen-bond acceptors (Lipinski definition) is 5. The van der Waals surface area contributed by atoms with E-state index in [1.54, 1.807) is 0 Å². The Morgan fingerprint density at radius 2 is 1.50 bits per heavy atom. The van der Waals surface area contributed by atoms with E-state index in [1.807, 2.05) is 37.3 Å². The fraction of sp³-hybridized carbons (Fsp3) is 0.571. The Morgan fingerprint density at radius 3 is 2.26 bits per heavy atom. The molecular weight excluding hydrogens is 450 g/mol. The molecule has 1 aliphatic carbocycles. The van der Waals surface area contributed by atoms with E-state index in [1.165, 1.54) is 12.0 Å². The minimum atomic E-state index is -0.848.